The van der Waals surface area contributed by atoms with Crippen molar-refractivity contribution in [1.82, 2.24) is 4.90 Å². The number of hydrogen-bond donors (Lipinski definition) is 1. The number of aliphatic hydroxyl groups is 1. The van der Waals surface area contributed by atoms with Crippen molar-refractivity contribution >= 4 is 11.8 Å². The number of benzene rings is 1. The molecule has 1 aromatic rings. The molecule has 0 unspecified atom stereocenters. The maximum absolute atomic E-state index is 9.05. The molecule has 0 aliphatic carbocycles. The van der Waals surface area contributed by atoms with Gasteiger partial charge in [0.25, 0.3) is 0 Å². The van der Waals surface area contributed by atoms with E-state index in [2.05, 4.69) is 30.0 Å². The minimum atomic E-state index is 0.208. The standard InChI is InChI=1S/C14H23NO2S/c1-4-7-15(8-9-16)11-12-5-6-14(18-3)13(10-12)17-2/h5-6,10,16H,4,7-9,11H2,1-3H3. The predicted octanol–water partition coefficient (Wildman–Crippen LogP) is 2.62. The van der Waals surface area contributed by atoms with E-state index in [0.717, 1.165) is 36.7 Å². The Hall–Kier alpha value is -0.710. The lowest BCUT2D eigenvalue weighted by Crippen LogP contribution is -2.27. The highest BCUT2D eigenvalue weighted by molar-refractivity contribution is 7.98. The summed E-state index contributed by atoms with van der Waals surface area (Å²) < 4.78 is 5.39. The number of nitrogens with zero attached hydrogens (tertiary/aromatic N) is 1. The molecular weight excluding hydrogens is 246 g/mol. The summed E-state index contributed by atoms with van der Waals surface area (Å²) in [5, 5.41) is 9.05. The quantitative estimate of drug-likeness (QED) is 0.735. The van der Waals surface area contributed by atoms with E-state index in [9.17, 15) is 0 Å². The van der Waals surface area contributed by atoms with Crippen LogP contribution in [0.4, 0.5) is 0 Å². The fourth-order valence-corrected chi connectivity index (χ4v) is 2.51. The van der Waals surface area contributed by atoms with E-state index >= 15 is 0 Å². The Balaban J connectivity index is 2.76. The van der Waals surface area contributed by atoms with E-state index in [1.54, 1.807) is 18.9 Å². The average Bonchev–Trinajstić information content (AvgIpc) is 2.39. The second kappa shape index (κ2) is 8.40. The first kappa shape index (κ1) is 15.3. The van der Waals surface area contributed by atoms with Crippen molar-refractivity contribution in [2.24, 2.45) is 0 Å². The molecule has 0 saturated carbocycles. The van der Waals surface area contributed by atoms with E-state index in [4.69, 9.17) is 9.84 Å². The van der Waals surface area contributed by atoms with Gasteiger partial charge in [0, 0.05) is 18.0 Å². The van der Waals surface area contributed by atoms with Gasteiger partial charge < -0.3 is 9.84 Å². The van der Waals surface area contributed by atoms with E-state index in [0.29, 0.717) is 0 Å². The third-order valence-corrected chi connectivity index (χ3v) is 3.59. The number of methoxy groups -OCH3 is 1. The van der Waals surface area contributed by atoms with Crippen molar-refractivity contribution in [2.75, 3.05) is 33.1 Å². The van der Waals surface area contributed by atoms with Crippen LogP contribution in [0.2, 0.25) is 0 Å². The van der Waals surface area contributed by atoms with Gasteiger partial charge in [-0.2, -0.15) is 0 Å². The zero-order valence-corrected chi connectivity index (χ0v) is 12.3. The molecule has 0 fully saturated rings. The van der Waals surface area contributed by atoms with Gasteiger partial charge in [0.1, 0.15) is 5.75 Å². The Kier molecular flexibility index (Phi) is 7.16. The first-order chi connectivity index (χ1) is 8.74. The van der Waals surface area contributed by atoms with Gasteiger partial charge >= 0.3 is 0 Å². The van der Waals surface area contributed by atoms with Crippen molar-refractivity contribution < 1.29 is 9.84 Å². The fraction of sp³-hybridized carbons (Fsp3) is 0.571. The maximum Gasteiger partial charge on any atom is 0.132 e. The highest BCUT2D eigenvalue weighted by atomic mass is 32.2. The van der Waals surface area contributed by atoms with Crippen LogP contribution in [0, 0.1) is 0 Å². The SMILES string of the molecule is CCCN(CCO)Cc1ccc(SC)c(OC)c1. The Morgan fingerprint density at radius 2 is 2.11 bits per heavy atom. The van der Waals surface area contributed by atoms with E-state index in [1.165, 1.54) is 5.56 Å². The molecule has 0 atom stereocenters. The summed E-state index contributed by atoms with van der Waals surface area (Å²) in [6, 6.07) is 6.32. The Bertz CT molecular complexity index is 352. The number of rotatable bonds is 8. The summed E-state index contributed by atoms with van der Waals surface area (Å²) in [6.07, 6.45) is 3.15. The van der Waals surface area contributed by atoms with Gasteiger partial charge in [0.05, 0.1) is 13.7 Å². The molecule has 0 aromatic heterocycles. The zero-order chi connectivity index (χ0) is 13.4. The van der Waals surface area contributed by atoms with Gasteiger partial charge in [-0.15, -0.1) is 11.8 Å². The van der Waals surface area contributed by atoms with Crippen LogP contribution in [-0.4, -0.2) is 43.1 Å². The number of ether oxygens (including phenoxy) is 1. The third-order valence-electron chi connectivity index (χ3n) is 2.81. The topological polar surface area (TPSA) is 32.7 Å². The van der Waals surface area contributed by atoms with Crippen molar-refractivity contribution in [3.63, 3.8) is 0 Å². The van der Waals surface area contributed by atoms with Crippen LogP contribution in [0.3, 0.4) is 0 Å². The molecule has 0 bridgehead atoms. The van der Waals surface area contributed by atoms with Gasteiger partial charge in [-0.1, -0.05) is 13.0 Å². The van der Waals surface area contributed by atoms with Gasteiger partial charge in [0.15, 0.2) is 0 Å². The molecular formula is C14H23NO2S. The number of hydrogen-bond acceptors (Lipinski definition) is 4. The molecule has 0 amide bonds. The van der Waals surface area contributed by atoms with E-state index in [-0.39, 0.29) is 6.61 Å². The lowest BCUT2D eigenvalue weighted by molar-refractivity contribution is 0.190. The summed E-state index contributed by atoms with van der Waals surface area (Å²) in [5.74, 6) is 0.931. The Morgan fingerprint density at radius 1 is 1.33 bits per heavy atom. The van der Waals surface area contributed by atoms with Gasteiger partial charge in [-0.05, 0) is 36.9 Å². The van der Waals surface area contributed by atoms with Gasteiger partial charge in [-0.25, -0.2) is 0 Å². The summed E-state index contributed by atoms with van der Waals surface area (Å²) in [4.78, 5) is 3.42. The summed E-state index contributed by atoms with van der Waals surface area (Å²) in [7, 11) is 1.70. The second-order valence-electron chi connectivity index (χ2n) is 4.19. The number of aliphatic hydroxyl groups excluding tert-OH is 1. The van der Waals surface area contributed by atoms with Crippen molar-refractivity contribution in [1.29, 1.82) is 0 Å². The molecule has 0 aliphatic rings. The molecule has 3 nitrogen and oxygen atoms in total. The zero-order valence-electron chi connectivity index (χ0n) is 11.5. The normalized spacial score (nSPS) is 10.9. The van der Waals surface area contributed by atoms with Crippen LogP contribution in [0.5, 0.6) is 5.75 Å². The van der Waals surface area contributed by atoms with Crippen LogP contribution in [0.1, 0.15) is 18.9 Å². The summed E-state index contributed by atoms with van der Waals surface area (Å²) >= 11 is 1.69. The molecule has 4 heteroatoms. The third kappa shape index (κ3) is 4.52. The average molecular weight is 269 g/mol. The van der Waals surface area contributed by atoms with Gasteiger partial charge in [-0.3, -0.25) is 4.90 Å². The fourth-order valence-electron chi connectivity index (χ4n) is 1.96. The minimum Gasteiger partial charge on any atom is -0.496 e. The largest absolute Gasteiger partial charge is 0.496 e. The Labute approximate surface area is 114 Å². The summed E-state index contributed by atoms with van der Waals surface area (Å²) in [6.45, 7) is 4.95. The molecule has 1 rings (SSSR count). The van der Waals surface area contributed by atoms with Crippen LogP contribution in [0.25, 0.3) is 0 Å². The van der Waals surface area contributed by atoms with Crippen LogP contribution >= 0.6 is 11.8 Å². The molecule has 0 heterocycles. The van der Waals surface area contributed by atoms with Gasteiger partial charge in [0.2, 0.25) is 0 Å². The second-order valence-corrected chi connectivity index (χ2v) is 5.04. The minimum absolute atomic E-state index is 0.208. The van der Waals surface area contributed by atoms with Crippen molar-refractivity contribution in [2.45, 2.75) is 24.8 Å². The first-order valence-electron chi connectivity index (χ1n) is 6.29. The smallest absolute Gasteiger partial charge is 0.132 e. The molecule has 1 aromatic carbocycles. The van der Waals surface area contributed by atoms with Crippen molar-refractivity contribution in [3.05, 3.63) is 23.8 Å². The molecule has 1 N–H and O–H groups in total. The highest BCUT2D eigenvalue weighted by Crippen LogP contribution is 2.28. The van der Waals surface area contributed by atoms with Crippen LogP contribution in [-0.2, 0) is 6.54 Å². The monoisotopic (exact) mass is 269 g/mol. The summed E-state index contributed by atoms with van der Waals surface area (Å²) in [5.41, 5.74) is 1.23. The molecule has 0 saturated heterocycles. The van der Waals surface area contributed by atoms with Crippen LogP contribution in [0.15, 0.2) is 23.1 Å². The van der Waals surface area contributed by atoms with E-state index < -0.39 is 0 Å². The number of thioether (sulfide) groups is 1. The first-order valence-corrected chi connectivity index (χ1v) is 7.51. The predicted molar refractivity (Wildman–Crippen MR) is 77.4 cm³/mol. The molecule has 0 aliphatic heterocycles. The lowest BCUT2D eigenvalue weighted by atomic mass is 10.2. The Morgan fingerprint density at radius 3 is 2.67 bits per heavy atom. The molecule has 102 valence electrons. The molecule has 0 radical (unpaired) electrons. The maximum atomic E-state index is 9.05. The lowest BCUT2D eigenvalue weighted by Gasteiger charge is -2.21. The van der Waals surface area contributed by atoms with Crippen LogP contribution < -0.4 is 4.74 Å². The molecule has 0 spiro atoms. The van der Waals surface area contributed by atoms with Crippen molar-refractivity contribution in [3.8, 4) is 5.75 Å². The van der Waals surface area contributed by atoms with E-state index in [1.807, 2.05) is 6.26 Å². The molecule has 18 heavy (non-hydrogen) atoms. The highest BCUT2D eigenvalue weighted by Gasteiger charge is 2.07.